The molecule has 2 aliphatic rings. The molecule has 2 heterocycles. The van der Waals surface area contributed by atoms with E-state index in [4.69, 9.17) is 9.31 Å². The Bertz CT molecular complexity index is 285. The van der Waals surface area contributed by atoms with Gasteiger partial charge in [-0.25, -0.2) is 0 Å². The summed E-state index contributed by atoms with van der Waals surface area (Å²) in [5.41, 5.74) is -0.452. The molecule has 1 N–H and O–H groups in total. The highest BCUT2D eigenvalue weighted by Crippen LogP contribution is 2.37. The van der Waals surface area contributed by atoms with Gasteiger partial charge in [-0.05, 0) is 59.5 Å². The third-order valence-electron chi connectivity index (χ3n) is 4.20. The topological polar surface area (TPSA) is 30.5 Å². The maximum absolute atomic E-state index is 5.93. The van der Waals surface area contributed by atoms with E-state index in [1.807, 2.05) is 0 Å². The highest BCUT2D eigenvalue weighted by molar-refractivity contribution is 6.51. The van der Waals surface area contributed by atoms with E-state index < -0.39 is 0 Å². The molecule has 0 amide bonds. The lowest BCUT2D eigenvalue weighted by Crippen LogP contribution is -2.41. The van der Waals surface area contributed by atoms with Crippen LogP contribution in [0.5, 0.6) is 0 Å². The maximum atomic E-state index is 5.93. The van der Waals surface area contributed by atoms with E-state index in [9.17, 15) is 0 Å². The van der Waals surface area contributed by atoms with E-state index in [0.717, 1.165) is 13.1 Å². The number of nitrogens with one attached hydrogen (secondary N) is 1. The Hall–Kier alpha value is -0.0251. The average Bonchev–Trinajstić information content (AvgIpc) is 2.46. The minimum Gasteiger partial charge on any atom is -0.400 e. The molecule has 5 heteroatoms. The van der Waals surface area contributed by atoms with Crippen LogP contribution in [0.2, 0.25) is 0 Å². The molecule has 2 saturated heterocycles. The van der Waals surface area contributed by atoms with Crippen molar-refractivity contribution >= 4 is 19.5 Å². The number of hydrogen-bond acceptors (Lipinski definition) is 3. The third-order valence-corrected chi connectivity index (χ3v) is 4.20. The zero-order valence-electron chi connectivity index (χ0n) is 11.9. The summed E-state index contributed by atoms with van der Waals surface area (Å²) in [6.45, 7) is 10.6. The summed E-state index contributed by atoms with van der Waals surface area (Å²) >= 11 is 0. The number of hydrogen-bond donors (Lipinski definition) is 1. The van der Waals surface area contributed by atoms with Crippen molar-refractivity contribution in [2.24, 2.45) is 5.92 Å². The number of rotatable bonds is 2. The predicted molar refractivity (Wildman–Crippen MR) is 78.1 cm³/mol. The van der Waals surface area contributed by atoms with E-state index in [1.165, 1.54) is 12.8 Å². The van der Waals surface area contributed by atoms with Crippen molar-refractivity contribution < 1.29 is 9.31 Å². The van der Waals surface area contributed by atoms with Gasteiger partial charge in [-0.3, -0.25) is 0 Å². The van der Waals surface area contributed by atoms with Crippen LogP contribution in [0.1, 0.15) is 40.5 Å². The van der Waals surface area contributed by atoms with Crippen molar-refractivity contribution in [2.45, 2.75) is 51.7 Å². The van der Waals surface area contributed by atoms with Crippen LogP contribution in [-0.4, -0.2) is 31.4 Å². The van der Waals surface area contributed by atoms with Gasteiger partial charge in [0.1, 0.15) is 0 Å². The van der Waals surface area contributed by atoms with Gasteiger partial charge in [0, 0.05) is 0 Å². The fraction of sp³-hybridized carbons (Fsp3) is 0.846. The van der Waals surface area contributed by atoms with Crippen LogP contribution < -0.4 is 5.32 Å². The Labute approximate surface area is 117 Å². The molecule has 0 radical (unpaired) electrons. The maximum Gasteiger partial charge on any atom is 0.486 e. The van der Waals surface area contributed by atoms with E-state index in [0.29, 0.717) is 5.92 Å². The van der Waals surface area contributed by atoms with Gasteiger partial charge in [-0.1, -0.05) is 12.1 Å². The lowest BCUT2D eigenvalue weighted by atomic mass is 9.86. The van der Waals surface area contributed by atoms with Crippen LogP contribution in [0.25, 0.3) is 0 Å². The SMILES string of the molecule is CC1(C)OB(/C=C/C2CCNCC2)OC1(C)C.Cl. The molecule has 0 aromatic heterocycles. The zero-order valence-corrected chi connectivity index (χ0v) is 12.7. The van der Waals surface area contributed by atoms with Gasteiger partial charge in [0.15, 0.2) is 0 Å². The van der Waals surface area contributed by atoms with Crippen molar-refractivity contribution in [3.63, 3.8) is 0 Å². The smallest absolute Gasteiger partial charge is 0.400 e. The van der Waals surface area contributed by atoms with Gasteiger partial charge in [-0.15, -0.1) is 12.4 Å². The van der Waals surface area contributed by atoms with Crippen LogP contribution in [0.4, 0.5) is 0 Å². The fourth-order valence-electron chi connectivity index (χ4n) is 2.25. The van der Waals surface area contributed by atoms with Crippen LogP contribution >= 0.6 is 12.4 Å². The minimum absolute atomic E-state index is 0. The van der Waals surface area contributed by atoms with Gasteiger partial charge in [0.2, 0.25) is 0 Å². The molecular weight excluding hydrogens is 248 g/mol. The second-order valence-electron chi connectivity index (χ2n) is 6.10. The van der Waals surface area contributed by atoms with Crippen LogP contribution in [0, 0.1) is 5.92 Å². The first-order valence-corrected chi connectivity index (χ1v) is 6.65. The Morgan fingerprint density at radius 3 is 2.06 bits per heavy atom. The van der Waals surface area contributed by atoms with Crippen molar-refractivity contribution in [3.05, 3.63) is 12.1 Å². The summed E-state index contributed by atoms with van der Waals surface area (Å²) in [6.07, 6.45) is 4.70. The standard InChI is InChI=1S/C13H24BNO2.ClH/c1-12(2)13(3,4)17-14(16-12)8-5-11-6-9-15-10-7-11;/h5,8,11,15H,6-7,9-10H2,1-4H3;1H/b8-5+;. The molecule has 0 bridgehead atoms. The van der Waals surface area contributed by atoms with Crippen LogP contribution in [0.3, 0.4) is 0 Å². The van der Waals surface area contributed by atoms with Gasteiger partial charge in [-0.2, -0.15) is 0 Å². The van der Waals surface area contributed by atoms with E-state index >= 15 is 0 Å². The molecule has 0 aromatic rings. The average molecular weight is 274 g/mol. The molecule has 0 unspecified atom stereocenters. The van der Waals surface area contributed by atoms with Crippen molar-refractivity contribution in [2.75, 3.05) is 13.1 Å². The second kappa shape index (κ2) is 5.95. The second-order valence-corrected chi connectivity index (χ2v) is 6.10. The molecule has 3 nitrogen and oxygen atoms in total. The molecule has 2 fully saturated rings. The first kappa shape index (κ1) is 16.0. The normalized spacial score (nSPS) is 27.4. The summed E-state index contributed by atoms with van der Waals surface area (Å²) in [5.74, 6) is 2.77. The molecule has 0 spiro atoms. The molecule has 18 heavy (non-hydrogen) atoms. The van der Waals surface area contributed by atoms with Gasteiger partial charge < -0.3 is 14.6 Å². The van der Waals surface area contributed by atoms with Crippen LogP contribution in [-0.2, 0) is 9.31 Å². The molecule has 2 rings (SSSR count). The number of halogens is 1. The first-order chi connectivity index (χ1) is 7.91. The molecule has 0 atom stereocenters. The largest absolute Gasteiger partial charge is 0.486 e. The summed E-state index contributed by atoms with van der Waals surface area (Å²) in [6, 6.07) is 0. The molecule has 0 aliphatic carbocycles. The Morgan fingerprint density at radius 2 is 1.56 bits per heavy atom. The molecule has 0 saturated carbocycles. The number of piperidine rings is 1. The quantitative estimate of drug-likeness (QED) is 0.785. The van der Waals surface area contributed by atoms with Gasteiger partial charge in [0.25, 0.3) is 0 Å². The van der Waals surface area contributed by atoms with E-state index in [-0.39, 0.29) is 30.7 Å². The molecular formula is C13H25BClNO2. The summed E-state index contributed by atoms with van der Waals surface area (Å²) < 4.78 is 11.9. The summed E-state index contributed by atoms with van der Waals surface area (Å²) in [7, 11) is -0.185. The Balaban J connectivity index is 0.00000162. The van der Waals surface area contributed by atoms with E-state index in [2.05, 4.69) is 45.1 Å². The predicted octanol–water partition coefficient (Wildman–Crippen LogP) is 2.60. The Morgan fingerprint density at radius 1 is 1.06 bits per heavy atom. The first-order valence-electron chi connectivity index (χ1n) is 6.65. The summed E-state index contributed by atoms with van der Waals surface area (Å²) in [5, 5.41) is 3.37. The number of allylic oxidation sites excluding steroid dienone is 1. The highest BCUT2D eigenvalue weighted by atomic mass is 35.5. The minimum atomic E-state index is -0.226. The molecule has 104 valence electrons. The highest BCUT2D eigenvalue weighted by Gasteiger charge is 2.50. The monoisotopic (exact) mass is 273 g/mol. The lowest BCUT2D eigenvalue weighted by Gasteiger charge is -2.32. The van der Waals surface area contributed by atoms with Crippen molar-refractivity contribution in [1.29, 1.82) is 0 Å². The van der Waals surface area contributed by atoms with Crippen LogP contribution in [0.15, 0.2) is 12.1 Å². The fourth-order valence-corrected chi connectivity index (χ4v) is 2.25. The third kappa shape index (κ3) is 3.50. The van der Waals surface area contributed by atoms with Gasteiger partial charge in [0.05, 0.1) is 11.2 Å². The van der Waals surface area contributed by atoms with Crippen molar-refractivity contribution in [1.82, 2.24) is 5.32 Å². The van der Waals surface area contributed by atoms with Gasteiger partial charge >= 0.3 is 7.12 Å². The molecule has 0 aromatic carbocycles. The van der Waals surface area contributed by atoms with Crippen molar-refractivity contribution in [3.8, 4) is 0 Å². The molecule has 2 aliphatic heterocycles. The van der Waals surface area contributed by atoms with E-state index in [1.54, 1.807) is 0 Å². The lowest BCUT2D eigenvalue weighted by molar-refractivity contribution is 0.00578. The zero-order chi connectivity index (χ0) is 12.5. The summed E-state index contributed by atoms with van der Waals surface area (Å²) in [4.78, 5) is 0. The Kier molecular flexibility index (Phi) is 5.30.